The third kappa shape index (κ3) is 3.37. The van der Waals surface area contributed by atoms with Crippen molar-refractivity contribution in [3.05, 3.63) is 54.2 Å². The summed E-state index contributed by atoms with van der Waals surface area (Å²) in [6.07, 6.45) is 4.81. The normalized spacial score (nSPS) is 18.7. The van der Waals surface area contributed by atoms with Gasteiger partial charge in [-0.25, -0.2) is 9.78 Å². The molecule has 1 aromatic heterocycles. The number of hydrogen-bond donors (Lipinski definition) is 2. The molecule has 2 amide bonds. The molecule has 2 aromatic rings. The number of morpholine rings is 1. The molecule has 1 aliphatic heterocycles. The van der Waals surface area contributed by atoms with Gasteiger partial charge in [-0.05, 0) is 37.0 Å². The molecule has 1 aromatic carbocycles. The van der Waals surface area contributed by atoms with Crippen LogP contribution >= 0.6 is 0 Å². The third-order valence-corrected chi connectivity index (χ3v) is 5.23. The summed E-state index contributed by atoms with van der Waals surface area (Å²) in [6, 6.07) is 13.8. The summed E-state index contributed by atoms with van der Waals surface area (Å²) in [6.45, 7) is 2.92. The molecular weight excluding hydrogens is 328 g/mol. The number of carbonyl (C=O) groups excluding carboxylic acids is 1. The standard InChI is InChI=1S/C20H24N4O2/c25-19(23-20(9-5-10-20)16-6-2-1-3-7-16)22-17-8-4-11-21-18(17)24-12-14-26-15-13-24/h1-4,6-8,11H,5,9-10,12-15H2,(H2,22,23,25). The van der Waals surface area contributed by atoms with Crippen LogP contribution in [0.1, 0.15) is 24.8 Å². The molecule has 2 fully saturated rings. The Morgan fingerprint density at radius 1 is 1.08 bits per heavy atom. The SMILES string of the molecule is O=C(Nc1cccnc1N1CCOCC1)NC1(c2ccccc2)CCC1. The molecule has 0 radical (unpaired) electrons. The minimum absolute atomic E-state index is 0.184. The van der Waals surface area contributed by atoms with E-state index in [1.165, 1.54) is 5.56 Å². The molecule has 4 rings (SSSR count). The van der Waals surface area contributed by atoms with Gasteiger partial charge in [0.15, 0.2) is 5.82 Å². The van der Waals surface area contributed by atoms with Crippen LogP contribution in [0.15, 0.2) is 48.7 Å². The first kappa shape index (κ1) is 16.8. The van der Waals surface area contributed by atoms with Gasteiger partial charge in [0.1, 0.15) is 0 Å². The molecule has 2 N–H and O–H groups in total. The van der Waals surface area contributed by atoms with Crippen molar-refractivity contribution in [2.75, 3.05) is 36.5 Å². The lowest BCUT2D eigenvalue weighted by Gasteiger charge is -2.43. The lowest BCUT2D eigenvalue weighted by atomic mass is 9.72. The predicted molar refractivity (Wildman–Crippen MR) is 101 cm³/mol. The van der Waals surface area contributed by atoms with E-state index >= 15 is 0 Å². The Balaban J connectivity index is 1.48. The minimum Gasteiger partial charge on any atom is -0.378 e. The second kappa shape index (κ2) is 7.33. The maximum Gasteiger partial charge on any atom is 0.320 e. The molecule has 0 bridgehead atoms. The van der Waals surface area contributed by atoms with Crippen LogP contribution in [-0.2, 0) is 10.3 Å². The van der Waals surface area contributed by atoms with Crippen molar-refractivity contribution in [1.29, 1.82) is 0 Å². The Bertz CT molecular complexity index is 755. The van der Waals surface area contributed by atoms with Crippen LogP contribution in [0.5, 0.6) is 0 Å². The van der Waals surface area contributed by atoms with Crippen LogP contribution in [0.25, 0.3) is 0 Å². The number of carbonyl (C=O) groups is 1. The van der Waals surface area contributed by atoms with Crippen molar-refractivity contribution in [2.24, 2.45) is 0 Å². The number of amides is 2. The summed E-state index contributed by atoms with van der Waals surface area (Å²) in [5.74, 6) is 0.799. The highest BCUT2D eigenvalue weighted by atomic mass is 16.5. The van der Waals surface area contributed by atoms with Gasteiger partial charge in [-0.2, -0.15) is 0 Å². The van der Waals surface area contributed by atoms with Gasteiger partial charge in [-0.3, -0.25) is 0 Å². The van der Waals surface area contributed by atoms with Gasteiger partial charge < -0.3 is 20.3 Å². The van der Waals surface area contributed by atoms with Gasteiger partial charge in [0.25, 0.3) is 0 Å². The van der Waals surface area contributed by atoms with E-state index in [0.29, 0.717) is 13.2 Å². The molecule has 0 atom stereocenters. The lowest BCUT2D eigenvalue weighted by Crippen LogP contribution is -2.52. The summed E-state index contributed by atoms with van der Waals surface area (Å²) in [7, 11) is 0. The zero-order valence-electron chi connectivity index (χ0n) is 14.8. The molecule has 0 unspecified atom stereocenters. The fourth-order valence-corrected chi connectivity index (χ4v) is 3.67. The quantitative estimate of drug-likeness (QED) is 0.887. The number of rotatable bonds is 4. The molecule has 1 saturated carbocycles. The first-order valence-corrected chi connectivity index (χ1v) is 9.19. The highest BCUT2D eigenvalue weighted by Gasteiger charge is 2.40. The molecular formula is C20H24N4O2. The van der Waals surface area contributed by atoms with Crippen LogP contribution in [0.3, 0.4) is 0 Å². The zero-order valence-corrected chi connectivity index (χ0v) is 14.8. The molecule has 1 aliphatic carbocycles. The average Bonchev–Trinajstić information content (AvgIpc) is 2.66. The van der Waals surface area contributed by atoms with Gasteiger partial charge >= 0.3 is 6.03 Å². The fraction of sp³-hybridized carbons (Fsp3) is 0.400. The number of aromatic nitrogens is 1. The monoisotopic (exact) mass is 352 g/mol. The van der Waals surface area contributed by atoms with E-state index in [1.54, 1.807) is 6.20 Å². The van der Waals surface area contributed by atoms with Crippen molar-refractivity contribution in [3.63, 3.8) is 0 Å². The summed E-state index contributed by atoms with van der Waals surface area (Å²) in [4.78, 5) is 19.4. The van der Waals surface area contributed by atoms with Crippen LogP contribution < -0.4 is 15.5 Å². The summed E-state index contributed by atoms with van der Waals surface area (Å²) >= 11 is 0. The number of nitrogens with one attached hydrogen (secondary N) is 2. The number of pyridine rings is 1. The number of hydrogen-bond acceptors (Lipinski definition) is 4. The van der Waals surface area contributed by atoms with Crippen LogP contribution in [-0.4, -0.2) is 37.3 Å². The van der Waals surface area contributed by atoms with E-state index in [2.05, 4.69) is 32.7 Å². The molecule has 26 heavy (non-hydrogen) atoms. The summed E-state index contributed by atoms with van der Waals surface area (Å²) in [5.41, 5.74) is 1.64. The molecule has 6 heteroatoms. The average molecular weight is 352 g/mol. The van der Waals surface area contributed by atoms with Gasteiger partial charge in [0.05, 0.1) is 24.4 Å². The van der Waals surface area contributed by atoms with Crippen molar-refractivity contribution in [1.82, 2.24) is 10.3 Å². The molecule has 2 heterocycles. The molecule has 136 valence electrons. The second-order valence-corrected chi connectivity index (χ2v) is 6.85. The highest BCUT2D eigenvalue weighted by Crippen LogP contribution is 2.41. The maximum absolute atomic E-state index is 12.7. The first-order chi connectivity index (χ1) is 12.8. The van der Waals surface area contributed by atoms with Crippen molar-refractivity contribution >= 4 is 17.5 Å². The van der Waals surface area contributed by atoms with Crippen molar-refractivity contribution < 1.29 is 9.53 Å². The van der Waals surface area contributed by atoms with Gasteiger partial charge in [0, 0.05) is 19.3 Å². The Hall–Kier alpha value is -2.60. The number of benzene rings is 1. The second-order valence-electron chi connectivity index (χ2n) is 6.85. The predicted octanol–water partition coefficient (Wildman–Crippen LogP) is 3.12. The van der Waals surface area contributed by atoms with Gasteiger partial charge in [-0.1, -0.05) is 30.3 Å². The van der Waals surface area contributed by atoms with Crippen LogP contribution in [0.4, 0.5) is 16.3 Å². The minimum atomic E-state index is -0.257. The Labute approximate surface area is 153 Å². The van der Waals surface area contributed by atoms with Crippen LogP contribution in [0, 0.1) is 0 Å². The van der Waals surface area contributed by atoms with E-state index < -0.39 is 0 Å². The fourth-order valence-electron chi connectivity index (χ4n) is 3.67. The van der Waals surface area contributed by atoms with E-state index in [4.69, 9.17) is 4.74 Å². The number of ether oxygens (including phenoxy) is 1. The Morgan fingerprint density at radius 2 is 1.85 bits per heavy atom. The summed E-state index contributed by atoms with van der Waals surface area (Å²) in [5, 5.41) is 6.21. The molecule has 0 spiro atoms. The topological polar surface area (TPSA) is 66.5 Å². The first-order valence-electron chi connectivity index (χ1n) is 9.19. The van der Waals surface area contributed by atoms with E-state index in [0.717, 1.165) is 43.9 Å². The summed E-state index contributed by atoms with van der Waals surface area (Å²) < 4.78 is 5.41. The smallest absolute Gasteiger partial charge is 0.320 e. The zero-order chi connectivity index (χ0) is 17.8. The highest BCUT2D eigenvalue weighted by molar-refractivity contribution is 5.93. The van der Waals surface area contributed by atoms with Crippen molar-refractivity contribution in [3.8, 4) is 0 Å². The third-order valence-electron chi connectivity index (χ3n) is 5.23. The largest absolute Gasteiger partial charge is 0.378 e. The van der Waals surface area contributed by atoms with Crippen LogP contribution in [0.2, 0.25) is 0 Å². The number of anilines is 2. The molecule has 1 saturated heterocycles. The van der Waals surface area contributed by atoms with Crippen molar-refractivity contribution in [2.45, 2.75) is 24.8 Å². The molecule has 2 aliphatic rings. The Kier molecular flexibility index (Phi) is 4.75. The van der Waals surface area contributed by atoms with E-state index in [1.807, 2.05) is 30.3 Å². The Morgan fingerprint density at radius 3 is 2.54 bits per heavy atom. The lowest BCUT2D eigenvalue weighted by molar-refractivity contribution is 0.122. The molecule has 6 nitrogen and oxygen atoms in total. The maximum atomic E-state index is 12.7. The van der Waals surface area contributed by atoms with Gasteiger partial charge in [-0.15, -0.1) is 0 Å². The van der Waals surface area contributed by atoms with Gasteiger partial charge in [0.2, 0.25) is 0 Å². The number of nitrogens with zero attached hydrogens (tertiary/aromatic N) is 2. The van der Waals surface area contributed by atoms with E-state index in [9.17, 15) is 4.79 Å². The number of urea groups is 1. The van der Waals surface area contributed by atoms with E-state index in [-0.39, 0.29) is 11.6 Å².